The molecule has 458 valence electrons. The van der Waals surface area contributed by atoms with Crippen LogP contribution in [-0.2, 0) is 37.9 Å². The highest BCUT2D eigenvalue weighted by molar-refractivity contribution is 7.00. The molecule has 6 aliphatic rings. The number of anilines is 10. The van der Waals surface area contributed by atoms with Gasteiger partial charge >= 0.3 is 0 Å². The average Bonchev–Trinajstić information content (AvgIpc) is 1.68. The van der Waals surface area contributed by atoms with Gasteiger partial charge in [0.25, 0.3) is 6.71 Å². The van der Waals surface area contributed by atoms with E-state index in [1.807, 2.05) is 0 Å². The van der Waals surface area contributed by atoms with E-state index in [0.29, 0.717) is 0 Å². The van der Waals surface area contributed by atoms with Crippen LogP contribution >= 0.6 is 0 Å². The Balaban J connectivity index is 1.07. The first-order valence-corrected chi connectivity index (χ1v) is 34.0. The van der Waals surface area contributed by atoms with Crippen molar-refractivity contribution >= 4 is 80.0 Å². The molecule has 4 atom stereocenters. The molecule has 4 nitrogen and oxygen atoms in total. The zero-order valence-electron chi connectivity index (χ0n) is 57.5. The van der Waals surface area contributed by atoms with Crippen LogP contribution in [0.1, 0.15) is 222 Å². The molecule has 4 unspecified atom stereocenters. The molecule has 2 saturated carbocycles. The van der Waals surface area contributed by atoms with Crippen molar-refractivity contribution in [1.29, 1.82) is 0 Å². The first kappa shape index (κ1) is 59.6. The number of benzene rings is 8. The Morgan fingerprint density at radius 3 is 1.28 bits per heavy atom. The van der Waals surface area contributed by atoms with Crippen molar-refractivity contribution in [1.82, 2.24) is 0 Å². The second-order valence-electron chi connectivity index (χ2n) is 34.2. The molecule has 4 aliphatic heterocycles. The van der Waals surface area contributed by atoms with Gasteiger partial charge in [-0.1, -0.05) is 228 Å². The quantitative estimate of drug-likeness (QED) is 0.159. The Labute approximate surface area is 536 Å². The largest absolute Gasteiger partial charge is 0.334 e. The molecular formula is C84H99BN4. The minimum atomic E-state index is -0.206. The van der Waals surface area contributed by atoms with E-state index >= 15 is 0 Å². The highest BCUT2D eigenvalue weighted by Crippen LogP contribution is 2.64. The average molecular weight is 1180 g/mol. The van der Waals surface area contributed by atoms with E-state index in [1.165, 1.54) is 155 Å². The topological polar surface area (TPSA) is 13.0 Å². The highest BCUT2D eigenvalue weighted by atomic mass is 15.3. The number of hydrogen-bond acceptors (Lipinski definition) is 4. The van der Waals surface area contributed by atoms with Crippen molar-refractivity contribution in [2.45, 2.75) is 232 Å². The summed E-state index contributed by atoms with van der Waals surface area (Å²) in [5.41, 5.74) is 28.7. The summed E-state index contributed by atoms with van der Waals surface area (Å²) in [6.45, 7) is 45.7. The summed E-state index contributed by atoms with van der Waals surface area (Å²) in [7, 11) is 0. The van der Waals surface area contributed by atoms with Crippen LogP contribution in [-0.4, -0.2) is 17.8 Å². The van der Waals surface area contributed by atoms with Gasteiger partial charge in [-0.2, -0.15) is 0 Å². The minimum absolute atomic E-state index is 0.00748. The van der Waals surface area contributed by atoms with Crippen LogP contribution in [0.15, 0.2) is 158 Å². The lowest BCUT2D eigenvalue weighted by molar-refractivity contribution is 0.195. The van der Waals surface area contributed by atoms with Crippen LogP contribution in [0.5, 0.6) is 0 Å². The van der Waals surface area contributed by atoms with Gasteiger partial charge in [-0.05, 0) is 206 Å². The fourth-order valence-electron chi connectivity index (χ4n) is 17.6. The summed E-state index contributed by atoms with van der Waals surface area (Å²) < 4.78 is 0. The molecular weight excluding hydrogens is 1080 g/mol. The lowest BCUT2D eigenvalue weighted by Gasteiger charge is -2.51. The van der Waals surface area contributed by atoms with Crippen molar-refractivity contribution < 1.29 is 0 Å². The van der Waals surface area contributed by atoms with E-state index < -0.39 is 0 Å². The third-order valence-corrected chi connectivity index (χ3v) is 23.5. The summed E-state index contributed by atoms with van der Waals surface area (Å²) in [6.07, 6.45) is 9.48. The molecule has 0 saturated heterocycles. The van der Waals surface area contributed by atoms with Crippen LogP contribution in [0.4, 0.5) is 56.9 Å². The SMILES string of the molecule is CC(C)(C)c1ccc(-c2ccc3c(c2)C2(C)CCCCC2(C)N3c2cc3c4c(c2)N(c2cccc(C(C)(C)C)c2)c2cc(C(C)(C)C)ccc2B4c2ccc(N4c5ccc(C(C)(C)C)cc5C5(C)CCCCC45C)cc2N3c2ccc(C(C)(C)C)cc2)cc1. The number of nitrogens with zero attached hydrogens (tertiary/aromatic N) is 4. The van der Waals surface area contributed by atoms with E-state index in [9.17, 15) is 0 Å². The molecule has 0 aromatic heterocycles. The van der Waals surface area contributed by atoms with Gasteiger partial charge in [0.2, 0.25) is 0 Å². The van der Waals surface area contributed by atoms with E-state index in [-0.39, 0.29) is 55.7 Å². The number of rotatable bonds is 5. The fraction of sp³-hybridized carbons (Fsp3) is 0.429. The van der Waals surface area contributed by atoms with Crippen molar-refractivity contribution in [3.63, 3.8) is 0 Å². The maximum absolute atomic E-state index is 2.86. The fourth-order valence-corrected chi connectivity index (χ4v) is 17.6. The second kappa shape index (κ2) is 19.8. The molecule has 8 aromatic rings. The molecule has 0 radical (unpaired) electrons. The standard InChI is InChI=1S/C84H99BN4/c1-76(2,3)56-30-27-54(28-31-56)55-29-41-69-65(47-55)81(16)43-20-23-46-84(81,19)89(69)64-52-73-75-74(53-64)87(62-26-24-25-58(48-62)78(7,8)9)71-50-60(80(13,14)15)34-39-67(71)85(75)68-40-38-63(51-72(68)86(73)61-36-32-57(33-37-61)77(4,5)6)88-70-42-35-59(79(10,11)12)49-66(70)82(17)44-21-22-45-83(82,88)18/h24-42,47-53H,20-23,43-46H2,1-19H3. The van der Waals surface area contributed by atoms with Crippen LogP contribution in [0, 0.1) is 0 Å². The maximum Gasteiger partial charge on any atom is 0.252 e. The molecule has 8 aromatic carbocycles. The summed E-state index contributed by atoms with van der Waals surface area (Å²) >= 11 is 0. The van der Waals surface area contributed by atoms with Gasteiger partial charge < -0.3 is 19.6 Å². The summed E-state index contributed by atoms with van der Waals surface area (Å²) in [5.74, 6) is 0. The predicted molar refractivity (Wildman–Crippen MR) is 385 cm³/mol. The number of fused-ring (bicyclic) bond motifs is 10. The summed E-state index contributed by atoms with van der Waals surface area (Å²) in [6, 6.07) is 64.3. The minimum Gasteiger partial charge on any atom is -0.334 e. The lowest BCUT2D eigenvalue weighted by atomic mass is 9.33. The predicted octanol–water partition coefficient (Wildman–Crippen LogP) is 21.4. The highest BCUT2D eigenvalue weighted by Gasteiger charge is 2.60. The lowest BCUT2D eigenvalue weighted by Crippen LogP contribution is -2.61. The second-order valence-corrected chi connectivity index (χ2v) is 34.2. The van der Waals surface area contributed by atoms with Gasteiger partial charge in [0.05, 0.1) is 11.1 Å². The molecule has 2 fully saturated rings. The summed E-state index contributed by atoms with van der Waals surface area (Å²) in [4.78, 5) is 11.1. The van der Waals surface area contributed by atoms with Gasteiger partial charge in [-0.3, -0.25) is 0 Å². The van der Waals surface area contributed by atoms with E-state index in [1.54, 1.807) is 0 Å². The Bertz CT molecular complexity index is 4150. The third kappa shape index (κ3) is 9.01. The molecule has 89 heavy (non-hydrogen) atoms. The van der Waals surface area contributed by atoms with E-state index in [4.69, 9.17) is 0 Å². The normalized spacial score (nSPS) is 22.9. The van der Waals surface area contributed by atoms with Gasteiger partial charge in [0.1, 0.15) is 0 Å². The van der Waals surface area contributed by atoms with Crippen molar-refractivity contribution in [2.24, 2.45) is 0 Å². The summed E-state index contributed by atoms with van der Waals surface area (Å²) in [5, 5.41) is 0. The monoisotopic (exact) mass is 1170 g/mol. The molecule has 5 heteroatoms. The van der Waals surface area contributed by atoms with Crippen LogP contribution < -0.4 is 36.0 Å². The van der Waals surface area contributed by atoms with E-state index in [2.05, 4.69) is 309 Å². The molecule has 0 bridgehead atoms. The first-order chi connectivity index (χ1) is 41.7. The zero-order chi connectivity index (χ0) is 63.1. The maximum atomic E-state index is 2.86. The van der Waals surface area contributed by atoms with Crippen molar-refractivity contribution in [2.75, 3.05) is 19.6 Å². The van der Waals surface area contributed by atoms with Crippen molar-refractivity contribution in [3.8, 4) is 11.1 Å². The molecule has 0 N–H and O–H groups in total. The molecule has 14 rings (SSSR count). The van der Waals surface area contributed by atoms with Gasteiger partial charge in [-0.25, -0.2) is 0 Å². The molecule has 0 spiro atoms. The molecule has 0 amide bonds. The molecule has 4 heterocycles. The Morgan fingerprint density at radius 1 is 0.315 bits per heavy atom. The Hall–Kier alpha value is -6.98. The Morgan fingerprint density at radius 2 is 0.719 bits per heavy atom. The van der Waals surface area contributed by atoms with Crippen LogP contribution in [0.2, 0.25) is 0 Å². The van der Waals surface area contributed by atoms with Gasteiger partial charge in [0.15, 0.2) is 0 Å². The molecule has 2 aliphatic carbocycles. The smallest absolute Gasteiger partial charge is 0.252 e. The van der Waals surface area contributed by atoms with Crippen LogP contribution in [0.3, 0.4) is 0 Å². The zero-order valence-corrected chi connectivity index (χ0v) is 57.5. The van der Waals surface area contributed by atoms with E-state index in [0.717, 1.165) is 19.3 Å². The van der Waals surface area contributed by atoms with Crippen molar-refractivity contribution in [3.05, 3.63) is 197 Å². The van der Waals surface area contributed by atoms with Gasteiger partial charge in [-0.15, -0.1) is 0 Å². The Kier molecular flexibility index (Phi) is 13.2. The number of hydrogen-bond donors (Lipinski definition) is 0. The van der Waals surface area contributed by atoms with Crippen LogP contribution in [0.25, 0.3) is 11.1 Å². The van der Waals surface area contributed by atoms with Gasteiger partial charge in [0, 0.05) is 67.7 Å². The first-order valence-electron chi connectivity index (χ1n) is 34.0. The third-order valence-electron chi connectivity index (χ3n) is 23.5.